The molecular formula is C13H24N2O2S2. The second-order valence-corrected chi connectivity index (χ2v) is 7.79. The summed E-state index contributed by atoms with van der Waals surface area (Å²) in [4.78, 5) is 0. The zero-order valence-corrected chi connectivity index (χ0v) is 13.7. The van der Waals surface area contributed by atoms with Gasteiger partial charge in [-0.2, -0.15) is 0 Å². The van der Waals surface area contributed by atoms with E-state index in [2.05, 4.69) is 10.0 Å². The first-order valence-corrected chi connectivity index (χ1v) is 9.07. The molecule has 4 nitrogen and oxygen atoms in total. The molecule has 6 heteroatoms. The van der Waals surface area contributed by atoms with Gasteiger partial charge in [0.25, 0.3) is 0 Å². The molecule has 0 aliphatic carbocycles. The molecule has 0 aromatic carbocycles. The topological polar surface area (TPSA) is 58.2 Å². The molecule has 1 heterocycles. The van der Waals surface area contributed by atoms with E-state index in [-0.39, 0.29) is 6.04 Å². The monoisotopic (exact) mass is 304 g/mol. The molecule has 1 unspecified atom stereocenters. The highest BCUT2D eigenvalue weighted by atomic mass is 32.2. The summed E-state index contributed by atoms with van der Waals surface area (Å²) in [6.45, 7) is 9.67. The van der Waals surface area contributed by atoms with Crippen LogP contribution in [0.15, 0.2) is 15.7 Å². The lowest BCUT2D eigenvalue weighted by Gasteiger charge is -2.19. The van der Waals surface area contributed by atoms with Gasteiger partial charge in [0.2, 0.25) is 10.0 Å². The average molecular weight is 304 g/mol. The van der Waals surface area contributed by atoms with Crippen LogP contribution in [0.3, 0.4) is 0 Å². The van der Waals surface area contributed by atoms with Crippen molar-refractivity contribution in [2.45, 2.75) is 50.9 Å². The van der Waals surface area contributed by atoms with Crippen LogP contribution in [0.1, 0.15) is 39.7 Å². The van der Waals surface area contributed by atoms with Crippen molar-refractivity contribution >= 4 is 21.4 Å². The molecule has 0 bridgehead atoms. The molecule has 0 amide bonds. The molecule has 0 aliphatic heterocycles. The highest BCUT2D eigenvalue weighted by Crippen LogP contribution is 2.21. The van der Waals surface area contributed by atoms with E-state index in [1.165, 1.54) is 11.3 Å². The normalized spacial score (nSPS) is 13.9. The molecule has 1 aromatic rings. The lowest BCUT2D eigenvalue weighted by Crippen LogP contribution is -2.37. The van der Waals surface area contributed by atoms with Gasteiger partial charge in [-0.1, -0.05) is 27.7 Å². The van der Waals surface area contributed by atoms with Crippen LogP contribution in [0.4, 0.5) is 0 Å². The Morgan fingerprint density at radius 1 is 1.32 bits per heavy atom. The first kappa shape index (κ1) is 16.6. The molecule has 110 valence electrons. The first-order valence-electron chi connectivity index (χ1n) is 6.71. The Morgan fingerprint density at radius 3 is 2.53 bits per heavy atom. The Labute approximate surface area is 120 Å². The summed E-state index contributed by atoms with van der Waals surface area (Å²) >= 11 is 1.28. The first-order chi connectivity index (χ1) is 8.90. The SMILES string of the molecule is CCNCc1csc(S(=O)(=O)NC(CC)C(C)C)c1. The largest absolute Gasteiger partial charge is 0.313 e. The number of rotatable bonds is 8. The fraction of sp³-hybridized carbons (Fsp3) is 0.692. The average Bonchev–Trinajstić information content (AvgIpc) is 2.82. The molecule has 0 saturated carbocycles. The van der Waals surface area contributed by atoms with E-state index in [1.807, 2.05) is 33.1 Å². The van der Waals surface area contributed by atoms with Crippen molar-refractivity contribution in [3.8, 4) is 0 Å². The second kappa shape index (κ2) is 7.38. The molecular weight excluding hydrogens is 280 g/mol. The molecule has 0 fully saturated rings. The van der Waals surface area contributed by atoms with E-state index in [1.54, 1.807) is 6.07 Å². The van der Waals surface area contributed by atoms with Gasteiger partial charge < -0.3 is 5.32 Å². The maximum atomic E-state index is 12.3. The minimum Gasteiger partial charge on any atom is -0.313 e. The van der Waals surface area contributed by atoms with Gasteiger partial charge in [-0.05, 0) is 35.9 Å². The van der Waals surface area contributed by atoms with Crippen LogP contribution < -0.4 is 10.0 Å². The van der Waals surface area contributed by atoms with Crippen molar-refractivity contribution in [2.75, 3.05) is 6.54 Å². The van der Waals surface area contributed by atoms with Crippen molar-refractivity contribution in [2.24, 2.45) is 5.92 Å². The fourth-order valence-electron chi connectivity index (χ4n) is 1.80. The summed E-state index contributed by atoms with van der Waals surface area (Å²) in [5.41, 5.74) is 1.02. The molecule has 1 atom stereocenters. The Morgan fingerprint density at radius 2 is 2.00 bits per heavy atom. The minimum absolute atomic E-state index is 0.00989. The van der Waals surface area contributed by atoms with Gasteiger partial charge in [-0.15, -0.1) is 11.3 Å². The van der Waals surface area contributed by atoms with Crippen LogP contribution in [-0.2, 0) is 16.6 Å². The fourth-order valence-corrected chi connectivity index (χ4v) is 4.50. The standard InChI is InChI=1S/C13H24N2O2S2/c1-5-12(10(3)4)15-19(16,17)13-7-11(9-18-13)8-14-6-2/h7,9-10,12,14-15H,5-6,8H2,1-4H3. The van der Waals surface area contributed by atoms with Gasteiger partial charge in [-0.25, -0.2) is 13.1 Å². The molecule has 0 spiro atoms. The zero-order chi connectivity index (χ0) is 14.5. The molecule has 19 heavy (non-hydrogen) atoms. The van der Waals surface area contributed by atoms with E-state index < -0.39 is 10.0 Å². The van der Waals surface area contributed by atoms with E-state index in [0.717, 1.165) is 18.5 Å². The minimum atomic E-state index is -3.38. The molecule has 0 radical (unpaired) electrons. The Balaban J connectivity index is 2.79. The van der Waals surface area contributed by atoms with Crippen molar-refractivity contribution in [3.63, 3.8) is 0 Å². The predicted octanol–water partition coefficient (Wildman–Crippen LogP) is 2.57. The number of nitrogens with one attached hydrogen (secondary N) is 2. The van der Waals surface area contributed by atoms with Crippen molar-refractivity contribution in [1.29, 1.82) is 0 Å². The molecule has 0 aliphatic rings. The van der Waals surface area contributed by atoms with Crippen LogP contribution in [0.25, 0.3) is 0 Å². The Bertz CT molecular complexity index is 481. The summed E-state index contributed by atoms with van der Waals surface area (Å²) < 4.78 is 27.7. The number of sulfonamides is 1. The molecule has 0 saturated heterocycles. The third-order valence-electron chi connectivity index (χ3n) is 3.02. The van der Waals surface area contributed by atoms with Gasteiger partial charge in [0.1, 0.15) is 4.21 Å². The third-order valence-corrected chi connectivity index (χ3v) is 6.00. The van der Waals surface area contributed by atoms with Crippen LogP contribution in [0, 0.1) is 5.92 Å². The summed E-state index contributed by atoms with van der Waals surface area (Å²) in [5, 5.41) is 5.09. The van der Waals surface area contributed by atoms with Crippen molar-refractivity contribution < 1.29 is 8.42 Å². The lowest BCUT2D eigenvalue weighted by molar-refractivity contribution is 0.438. The second-order valence-electron chi connectivity index (χ2n) is 4.93. The van der Waals surface area contributed by atoms with Gasteiger partial charge >= 0.3 is 0 Å². The number of hydrogen-bond donors (Lipinski definition) is 2. The maximum Gasteiger partial charge on any atom is 0.250 e. The Kier molecular flexibility index (Phi) is 6.46. The van der Waals surface area contributed by atoms with Crippen LogP contribution in [0.5, 0.6) is 0 Å². The van der Waals surface area contributed by atoms with E-state index in [0.29, 0.717) is 16.7 Å². The number of hydrogen-bond acceptors (Lipinski definition) is 4. The summed E-state index contributed by atoms with van der Waals surface area (Å²) in [6, 6.07) is 1.74. The van der Waals surface area contributed by atoms with Gasteiger partial charge in [0, 0.05) is 12.6 Å². The highest BCUT2D eigenvalue weighted by Gasteiger charge is 2.22. The highest BCUT2D eigenvalue weighted by molar-refractivity contribution is 7.91. The maximum absolute atomic E-state index is 12.3. The summed E-state index contributed by atoms with van der Waals surface area (Å²) in [5.74, 6) is 0.293. The van der Waals surface area contributed by atoms with Crippen LogP contribution in [-0.4, -0.2) is 21.0 Å². The van der Waals surface area contributed by atoms with Crippen molar-refractivity contribution in [1.82, 2.24) is 10.0 Å². The van der Waals surface area contributed by atoms with E-state index in [9.17, 15) is 8.42 Å². The van der Waals surface area contributed by atoms with Crippen molar-refractivity contribution in [3.05, 3.63) is 17.0 Å². The molecule has 2 N–H and O–H groups in total. The quantitative estimate of drug-likeness (QED) is 0.776. The molecule has 1 aromatic heterocycles. The Hall–Kier alpha value is -0.430. The summed E-state index contributed by atoms with van der Waals surface area (Å²) in [7, 11) is -3.38. The smallest absolute Gasteiger partial charge is 0.250 e. The third kappa shape index (κ3) is 4.87. The van der Waals surface area contributed by atoms with Gasteiger partial charge in [-0.3, -0.25) is 0 Å². The lowest BCUT2D eigenvalue weighted by atomic mass is 10.0. The predicted molar refractivity (Wildman–Crippen MR) is 80.9 cm³/mol. The number of thiophene rings is 1. The van der Waals surface area contributed by atoms with E-state index >= 15 is 0 Å². The van der Waals surface area contributed by atoms with Gasteiger partial charge in [0.05, 0.1) is 0 Å². The van der Waals surface area contributed by atoms with Gasteiger partial charge in [0.15, 0.2) is 0 Å². The van der Waals surface area contributed by atoms with E-state index in [4.69, 9.17) is 0 Å². The van der Waals surface area contributed by atoms with Crippen LogP contribution >= 0.6 is 11.3 Å². The molecule has 1 rings (SSSR count). The van der Waals surface area contributed by atoms with Crippen LogP contribution in [0.2, 0.25) is 0 Å². The zero-order valence-electron chi connectivity index (χ0n) is 12.1. The summed E-state index contributed by atoms with van der Waals surface area (Å²) in [6.07, 6.45) is 0.798.